The molecule has 0 aliphatic heterocycles. The number of amides is 1. The van der Waals surface area contributed by atoms with Crippen LogP contribution < -0.4 is 5.73 Å². The number of hydrogen-bond donors (Lipinski definition) is 2. The summed E-state index contributed by atoms with van der Waals surface area (Å²) in [5.41, 5.74) is 4.87. The topological polar surface area (TPSA) is 71.8 Å². The molecular formula is C4H5N3OS. The molecule has 0 radical (unpaired) electrons. The first kappa shape index (κ1) is 6.15. The van der Waals surface area contributed by atoms with Gasteiger partial charge in [0.15, 0.2) is 0 Å². The zero-order valence-corrected chi connectivity index (χ0v) is 5.31. The number of rotatable bonds is 1. The van der Waals surface area contributed by atoms with Crippen molar-refractivity contribution in [1.82, 2.24) is 10.2 Å². The highest BCUT2D eigenvalue weighted by molar-refractivity contribution is 8.13. The van der Waals surface area contributed by atoms with Gasteiger partial charge in [-0.2, -0.15) is 5.10 Å². The maximum atomic E-state index is 10.2. The number of carbonyl (C=O) groups excluding carboxylic acids is 1. The third kappa shape index (κ3) is 1.77. The Balaban J connectivity index is 2.58. The summed E-state index contributed by atoms with van der Waals surface area (Å²) in [4.78, 5) is 10.9. The lowest BCUT2D eigenvalue weighted by Gasteiger charge is -1.84. The summed E-state index contributed by atoms with van der Waals surface area (Å²) < 4.78 is 0. The summed E-state index contributed by atoms with van der Waals surface area (Å²) in [5, 5.41) is 5.76. The smallest absolute Gasteiger partial charge is 0.281 e. The quantitative estimate of drug-likeness (QED) is 0.565. The minimum absolute atomic E-state index is 0.420. The van der Waals surface area contributed by atoms with Crippen molar-refractivity contribution >= 4 is 17.0 Å². The summed E-state index contributed by atoms with van der Waals surface area (Å²) in [6, 6.07) is 0. The van der Waals surface area contributed by atoms with E-state index in [1.807, 2.05) is 0 Å². The largest absolute Gasteiger partial charge is 0.360 e. The van der Waals surface area contributed by atoms with Crippen molar-refractivity contribution < 1.29 is 4.79 Å². The van der Waals surface area contributed by atoms with E-state index >= 15 is 0 Å². The molecule has 1 aromatic rings. The summed E-state index contributed by atoms with van der Waals surface area (Å²) >= 11 is 0.950. The third-order valence-electron chi connectivity index (χ3n) is 0.692. The van der Waals surface area contributed by atoms with E-state index in [1.165, 1.54) is 6.20 Å². The van der Waals surface area contributed by atoms with E-state index in [0.717, 1.165) is 16.7 Å². The van der Waals surface area contributed by atoms with Gasteiger partial charge in [0.25, 0.3) is 5.24 Å². The van der Waals surface area contributed by atoms with Gasteiger partial charge in [-0.3, -0.25) is 9.89 Å². The van der Waals surface area contributed by atoms with E-state index in [0.29, 0.717) is 0 Å². The monoisotopic (exact) mass is 143 g/mol. The Labute approximate surface area is 55.8 Å². The second-order valence-corrected chi connectivity index (χ2v) is 2.43. The van der Waals surface area contributed by atoms with E-state index in [9.17, 15) is 4.79 Å². The first-order chi connectivity index (χ1) is 4.29. The summed E-state index contributed by atoms with van der Waals surface area (Å²) in [6.07, 6.45) is 3.14. The number of primary amides is 1. The van der Waals surface area contributed by atoms with Crippen molar-refractivity contribution in [3.05, 3.63) is 12.4 Å². The number of nitrogens with zero attached hydrogens (tertiary/aromatic N) is 1. The highest BCUT2D eigenvalue weighted by Crippen LogP contribution is 2.13. The molecular weight excluding hydrogens is 138 g/mol. The van der Waals surface area contributed by atoms with Crippen molar-refractivity contribution in [2.75, 3.05) is 0 Å². The molecule has 0 aliphatic rings. The zero-order valence-electron chi connectivity index (χ0n) is 4.50. The van der Waals surface area contributed by atoms with Crippen LogP contribution in [0.5, 0.6) is 0 Å². The minimum Gasteiger partial charge on any atom is -0.360 e. The fraction of sp³-hybridized carbons (Fsp3) is 0. The van der Waals surface area contributed by atoms with Crippen LogP contribution in [-0.2, 0) is 0 Å². The summed E-state index contributed by atoms with van der Waals surface area (Å²) in [6.45, 7) is 0. The predicted molar refractivity (Wildman–Crippen MR) is 34.0 cm³/mol. The van der Waals surface area contributed by atoms with Crippen molar-refractivity contribution in [2.24, 2.45) is 5.73 Å². The number of hydrogen-bond acceptors (Lipinski definition) is 3. The van der Waals surface area contributed by atoms with Crippen LogP contribution in [0.2, 0.25) is 0 Å². The Morgan fingerprint density at radius 2 is 2.67 bits per heavy atom. The van der Waals surface area contributed by atoms with Crippen molar-refractivity contribution in [3.8, 4) is 0 Å². The van der Waals surface area contributed by atoms with Crippen LogP contribution in [0.1, 0.15) is 0 Å². The van der Waals surface area contributed by atoms with Gasteiger partial charge in [-0.25, -0.2) is 0 Å². The number of H-pyrrole nitrogens is 1. The predicted octanol–water partition coefficient (Wildman–Crippen LogP) is 0.581. The Hall–Kier alpha value is -0.970. The van der Waals surface area contributed by atoms with Gasteiger partial charge in [0, 0.05) is 6.20 Å². The molecule has 9 heavy (non-hydrogen) atoms. The highest BCUT2D eigenvalue weighted by Gasteiger charge is 1.97. The lowest BCUT2D eigenvalue weighted by atomic mass is 10.7. The first-order valence-electron chi connectivity index (χ1n) is 2.25. The van der Waals surface area contributed by atoms with Crippen LogP contribution in [0, 0.1) is 0 Å². The SMILES string of the molecule is NC(=O)Sc1cn[nH]c1. The van der Waals surface area contributed by atoms with Gasteiger partial charge < -0.3 is 5.73 Å². The minimum atomic E-state index is -0.420. The standard InChI is InChI=1S/C4H5N3OS/c5-4(8)9-3-1-6-7-2-3/h1-2H,(H2,5,8)(H,6,7). The van der Waals surface area contributed by atoms with E-state index in [2.05, 4.69) is 10.2 Å². The number of aromatic amines is 1. The molecule has 0 atom stereocenters. The fourth-order valence-electron chi connectivity index (χ4n) is 0.411. The molecule has 1 heterocycles. The van der Waals surface area contributed by atoms with Gasteiger partial charge in [0.1, 0.15) is 0 Å². The Bertz CT molecular complexity index is 196. The molecule has 1 amide bonds. The lowest BCUT2D eigenvalue weighted by Crippen LogP contribution is -2.00. The Kier molecular flexibility index (Phi) is 1.74. The number of aromatic nitrogens is 2. The van der Waals surface area contributed by atoms with E-state index in [1.54, 1.807) is 6.20 Å². The Morgan fingerprint density at radius 1 is 1.89 bits per heavy atom. The second kappa shape index (κ2) is 2.54. The van der Waals surface area contributed by atoms with Gasteiger partial charge >= 0.3 is 0 Å². The second-order valence-electron chi connectivity index (χ2n) is 1.36. The summed E-state index contributed by atoms with van der Waals surface area (Å²) in [5.74, 6) is 0. The van der Waals surface area contributed by atoms with Crippen molar-refractivity contribution in [3.63, 3.8) is 0 Å². The fourth-order valence-corrected chi connectivity index (χ4v) is 0.860. The molecule has 0 aliphatic carbocycles. The molecule has 3 N–H and O–H groups in total. The normalized spacial score (nSPS) is 9.33. The molecule has 4 nitrogen and oxygen atoms in total. The van der Waals surface area contributed by atoms with Gasteiger partial charge in [-0.15, -0.1) is 0 Å². The van der Waals surface area contributed by atoms with E-state index in [-0.39, 0.29) is 0 Å². The molecule has 0 aromatic carbocycles. The molecule has 5 heteroatoms. The molecule has 0 fully saturated rings. The third-order valence-corrected chi connectivity index (χ3v) is 1.35. The highest BCUT2D eigenvalue weighted by atomic mass is 32.2. The van der Waals surface area contributed by atoms with Gasteiger partial charge in [0.05, 0.1) is 11.1 Å². The molecule has 1 aromatic heterocycles. The molecule has 0 spiro atoms. The molecule has 1 rings (SSSR count). The number of nitrogens with one attached hydrogen (secondary N) is 1. The maximum Gasteiger partial charge on any atom is 0.281 e. The zero-order chi connectivity index (χ0) is 6.69. The average molecular weight is 143 g/mol. The Morgan fingerprint density at radius 3 is 3.11 bits per heavy atom. The maximum absolute atomic E-state index is 10.2. The molecule has 0 saturated carbocycles. The van der Waals surface area contributed by atoms with Crippen LogP contribution in [0.15, 0.2) is 17.3 Å². The van der Waals surface area contributed by atoms with Gasteiger partial charge in [-0.1, -0.05) is 0 Å². The number of nitrogens with two attached hydrogens (primary N) is 1. The average Bonchev–Trinajstić information content (AvgIpc) is 2.15. The molecule has 0 bridgehead atoms. The van der Waals surface area contributed by atoms with Crippen LogP contribution in [0.25, 0.3) is 0 Å². The van der Waals surface area contributed by atoms with E-state index in [4.69, 9.17) is 5.73 Å². The van der Waals surface area contributed by atoms with Crippen LogP contribution in [0.4, 0.5) is 4.79 Å². The van der Waals surface area contributed by atoms with Crippen molar-refractivity contribution in [2.45, 2.75) is 4.90 Å². The summed E-state index contributed by atoms with van der Waals surface area (Å²) in [7, 11) is 0. The van der Waals surface area contributed by atoms with Gasteiger partial charge in [-0.05, 0) is 11.8 Å². The van der Waals surface area contributed by atoms with Gasteiger partial charge in [0.2, 0.25) is 0 Å². The van der Waals surface area contributed by atoms with Crippen LogP contribution in [-0.4, -0.2) is 15.4 Å². The van der Waals surface area contributed by atoms with Crippen LogP contribution >= 0.6 is 11.8 Å². The van der Waals surface area contributed by atoms with E-state index < -0.39 is 5.24 Å². The first-order valence-corrected chi connectivity index (χ1v) is 3.07. The molecule has 0 saturated heterocycles. The lowest BCUT2D eigenvalue weighted by molar-refractivity contribution is 0.267. The molecule has 48 valence electrons. The van der Waals surface area contributed by atoms with Crippen LogP contribution in [0.3, 0.4) is 0 Å². The number of thioether (sulfide) groups is 1. The molecule has 0 unspecified atom stereocenters. The van der Waals surface area contributed by atoms with Crippen molar-refractivity contribution in [1.29, 1.82) is 0 Å². The number of carbonyl (C=O) groups is 1.